The van der Waals surface area contributed by atoms with Gasteiger partial charge < -0.3 is 14.8 Å². The summed E-state index contributed by atoms with van der Waals surface area (Å²) in [4.78, 5) is 59.3. The summed E-state index contributed by atoms with van der Waals surface area (Å²) in [5, 5.41) is 3.00. The van der Waals surface area contributed by atoms with Gasteiger partial charge in [0.1, 0.15) is 0 Å². The predicted molar refractivity (Wildman–Crippen MR) is 128 cm³/mol. The first-order valence-electron chi connectivity index (χ1n) is 10.9. The summed E-state index contributed by atoms with van der Waals surface area (Å²) in [6.07, 6.45) is 1.16. The third kappa shape index (κ3) is 10.3. The topological polar surface area (TPSA) is 140 Å². The standard InChI is InChI=1S/C24H26ClN3O7/c1-2-3-14-34-24(33)17-6-10-19(11-7-17)26-21(30)15-35-22(31)13-12-20(29)27-28-23(32)16-4-8-18(25)9-5-16/h4-11H,2-3,12-15H2,1H3,(H,26,30)(H,27,29)(H,28,32). The Hall–Kier alpha value is -3.92. The van der Waals surface area contributed by atoms with E-state index >= 15 is 0 Å². The maximum Gasteiger partial charge on any atom is 0.338 e. The van der Waals surface area contributed by atoms with E-state index in [1.807, 2.05) is 6.92 Å². The Labute approximate surface area is 207 Å². The van der Waals surface area contributed by atoms with Gasteiger partial charge in [-0.3, -0.25) is 30.0 Å². The normalized spacial score (nSPS) is 10.1. The molecule has 2 aromatic carbocycles. The third-order valence-corrected chi connectivity index (χ3v) is 4.73. The van der Waals surface area contributed by atoms with E-state index in [9.17, 15) is 24.0 Å². The van der Waals surface area contributed by atoms with E-state index in [2.05, 4.69) is 16.2 Å². The van der Waals surface area contributed by atoms with Gasteiger partial charge in [0.15, 0.2) is 6.61 Å². The van der Waals surface area contributed by atoms with E-state index in [4.69, 9.17) is 21.1 Å². The SMILES string of the molecule is CCCCOC(=O)c1ccc(NC(=O)COC(=O)CCC(=O)NNC(=O)c2ccc(Cl)cc2)cc1. The molecule has 0 unspecified atom stereocenters. The zero-order valence-corrected chi connectivity index (χ0v) is 19.9. The number of carbonyl (C=O) groups is 5. The van der Waals surface area contributed by atoms with Crippen LogP contribution in [0, 0.1) is 0 Å². The Morgan fingerprint density at radius 2 is 1.46 bits per heavy atom. The van der Waals surface area contributed by atoms with Gasteiger partial charge in [-0.05, 0) is 55.0 Å². The molecular weight excluding hydrogens is 478 g/mol. The molecule has 0 aromatic heterocycles. The van der Waals surface area contributed by atoms with E-state index in [-0.39, 0.29) is 12.8 Å². The van der Waals surface area contributed by atoms with Crippen LogP contribution in [-0.4, -0.2) is 42.9 Å². The van der Waals surface area contributed by atoms with Crippen LogP contribution < -0.4 is 16.2 Å². The molecule has 0 saturated carbocycles. The molecule has 0 aliphatic rings. The molecule has 10 nitrogen and oxygen atoms in total. The third-order valence-electron chi connectivity index (χ3n) is 4.48. The van der Waals surface area contributed by atoms with Gasteiger partial charge in [0, 0.05) is 22.7 Å². The summed E-state index contributed by atoms with van der Waals surface area (Å²) < 4.78 is 9.95. The van der Waals surface area contributed by atoms with Crippen LogP contribution in [-0.2, 0) is 23.9 Å². The highest BCUT2D eigenvalue weighted by Crippen LogP contribution is 2.11. The number of hydrogen-bond acceptors (Lipinski definition) is 7. The molecule has 0 aliphatic heterocycles. The molecule has 2 rings (SSSR count). The Morgan fingerprint density at radius 3 is 2.11 bits per heavy atom. The molecule has 0 spiro atoms. The average molecular weight is 504 g/mol. The van der Waals surface area contributed by atoms with Crippen molar-refractivity contribution < 1.29 is 33.4 Å². The fraction of sp³-hybridized carbons (Fsp3) is 0.292. The molecule has 3 amide bonds. The molecule has 0 atom stereocenters. The number of ether oxygens (including phenoxy) is 2. The van der Waals surface area contributed by atoms with Gasteiger partial charge in [0.2, 0.25) is 5.91 Å². The largest absolute Gasteiger partial charge is 0.462 e. The summed E-state index contributed by atoms with van der Waals surface area (Å²) in [7, 11) is 0. The molecular formula is C24H26ClN3O7. The molecule has 0 fully saturated rings. The van der Waals surface area contributed by atoms with Gasteiger partial charge in [0.25, 0.3) is 11.8 Å². The average Bonchev–Trinajstić information content (AvgIpc) is 2.85. The maximum atomic E-state index is 12.0. The lowest BCUT2D eigenvalue weighted by molar-refractivity contribution is -0.148. The number of esters is 2. The van der Waals surface area contributed by atoms with Gasteiger partial charge in [-0.15, -0.1) is 0 Å². The van der Waals surface area contributed by atoms with Gasteiger partial charge in [-0.25, -0.2) is 4.79 Å². The second-order valence-electron chi connectivity index (χ2n) is 7.28. The number of carbonyl (C=O) groups excluding carboxylic acids is 5. The van der Waals surface area contributed by atoms with Crippen LogP contribution in [0.2, 0.25) is 5.02 Å². The highest BCUT2D eigenvalue weighted by Gasteiger charge is 2.13. The Balaban J connectivity index is 1.64. The molecule has 2 aromatic rings. The highest BCUT2D eigenvalue weighted by atomic mass is 35.5. The number of hydrazine groups is 1. The Morgan fingerprint density at radius 1 is 0.800 bits per heavy atom. The molecule has 3 N–H and O–H groups in total. The monoisotopic (exact) mass is 503 g/mol. The minimum Gasteiger partial charge on any atom is -0.462 e. The predicted octanol–water partition coefficient (Wildman–Crippen LogP) is 3.02. The fourth-order valence-corrected chi connectivity index (χ4v) is 2.70. The molecule has 0 radical (unpaired) electrons. The molecule has 0 saturated heterocycles. The second-order valence-corrected chi connectivity index (χ2v) is 7.72. The van der Waals surface area contributed by atoms with Crippen LogP contribution in [0.15, 0.2) is 48.5 Å². The Kier molecular flexibility index (Phi) is 11.2. The molecule has 186 valence electrons. The van der Waals surface area contributed by atoms with Crippen molar-refractivity contribution in [2.45, 2.75) is 32.6 Å². The number of unbranched alkanes of at least 4 members (excludes halogenated alkanes) is 1. The molecule has 35 heavy (non-hydrogen) atoms. The lowest BCUT2D eigenvalue weighted by atomic mass is 10.2. The van der Waals surface area contributed by atoms with Crippen molar-refractivity contribution in [2.24, 2.45) is 0 Å². The summed E-state index contributed by atoms with van der Waals surface area (Å²) in [5.41, 5.74) is 5.46. The Bertz CT molecular complexity index is 1040. The maximum absolute atomic E-state index is 12.0. The summed E-state index contributed by atoms with van der Waals surface area (Å²) in [6.45, 7) is 1.79. The van der Waals surface area contributed by atoms with E-state index in [0.29, 0.717) is 28.4 Å². The van der Waals surface area contributed by atoms with Crippen molar-refractivity contribution in [3.05, 3.63) is 64.7 Å². The number of amides is 3. The number of benzene rings is 2. The summed E-state index contributed by atoms with van der Waals surface area (Å²) in [6, 6.07) is 12.1. The number of halogens is 1. The van der Waals surface area contributed by atoms with E-state index in [1.54, 1.807) is 0 Å². The van der Waals surface area contributed by atoms with Crippen molar-refractivity contribution in [3.63, 3.8) is 0 Å². The molecule has 11 heteroatoms. The van der Waals surface area contributed by atoms with Gasteiger partial charge in [-0.1, -0.05) is 24.9 Å². The first kappa shape index (κ1) is 27.3. The number of nitrogens with one attached hydrogen (secondary N) is 3. The summed E-state index contributed by atoms with van der Waals surface area (Å²) in [5.74, 6) is -2.95. The second kappa shape index (κ2) is 14.4. The van der Waals surface area contributed by atoms with Crippen molar-refractivity contribution in [1.82, 2.24) is 10.9 Å². The zero-order valence-electron chi connectivity index (χ0n) is 19.1. The van der Waals surface area contributed by atoms with Crippen molar-refractivity contribution in [3.8, 4) is 0 Å². The zero-order chi connectivity index (χ0) is 25.6. The first-order chi connectivity index (χ1) is 16.8. The van der Waals surface area contributed by atoms with Crippen LogP contribution in [0.1, 0.15) is 53.3 Å². The van der Waals surface area contributed by atoms with Crippen molar-refractivity contribution in [2.75, 3.05) is 18.5 Å². The van der Waals surface area contributed by atoms with Crippen LogP contribution >= 0.6 is 11.6 Å². The van der Waals surface area contributed by atoms with Crippen molar-refractivity contribution in [1.29, 1.82) is 0 Å². The lowest BCUT2D eigenvalue weighted by Crippen LogP contribution is -2.41. The first-order valence-corrected chi connectivity index (χ1v) is 11.2. The number of rotatable bonds is 11. The quantitative estimate of drug-likeness (QED) is 0.243. The number of anilines is 1. The van der Waals surface area contributed by atoms with E-state index in [1.165, 1.54) is 48.5 Å². The van der Waals surface area contributed by atoms with Crippen molar-refractivity contribution >= 4 is 46.9 Å². The van der Waals surface area contributed by atoms with Gasteiger partial charge >= 0.3 is 11.9 Å². The lowest BCUT2D eigenvalue weighted by Gasteiger charge is -2.09. The van der Waals surface area contributed by atoms with Crippen LogP contribution in [0.4, 0.5) is 5.69 Å². The minimum atomic E-state index is -0.760. The fourth-order valence-electron chi connectivity index (χ4n) is 2.58. The molecule has 0 aliphatic carbocycles. The van der Waals surface area contributed by atoms with Gasteiger partial charge in [-0.2, -0.15) is 0 Å². The smallest absolute Gasteiger partial charge is 0.338 e. The van der Waals surface area contributed by atoms with E-state index in [0.717, 1.165) is 12.8 Å². The van der Waals surface area contributed by atoms with Gasteiger partial charge in [0.05, 0.1) is 18.6 Å². The molecule has 0 bridgehead atoms. The van der Waals surface area contributed by atoms with E-state index < -0.39 is 36.3 Å². The molecule has 0 heterocycles. The number of hydrogen-bond donors (Lipinski definition) is 3. The van der Waals surface area contributed by atoms with Crippen LogP contribution in [0.3, 0.4) is 0 Å². The van der Waals surface area contributed by atoms with Crippen LogP contribution in [0.25, 0.3) is 0 Å². The minimum absolute atomic E-state index is 0.253. The highest BCUT2D eigenvalue weighted by molar-refractivity contribution is 6.30. The van der Waals surface area contributed by atoms with Crippen LogP contribution in [0.5, 0.6) is 0 Å². The summed E-state index contributed by atoms with van der Waals surface area (Å²) >= 11 is 5.75.